The van der Waals surface area contributed by atoms with Crippen LogP contribution in [-0.4, -0.2) is 51.5 Å². The Bertz CT molecular complexity index is 913. The summed E-state index contributed by atoms with van der Waals surface area (Å²) in [5.41, 5.74) is 4.77. The van der Waals surface area contributed by atoms with Crippen LogP contribution in [0.15, 0.2) is 35.0 Å². The first-order valence-corrected chi connectivity index (χ1v) is 9.59. The minimum Gasteiger partial charge on any atom is -0.379 e. The van der Waals surface area contributed by atoms with Crippen LogP contribution in [0.5, 0.6) is 0 Å². The molecule has 1 atom stereocenters. The Balaban J connectivity index is 1.31. The molecule has 2 aromatic heterocycles. The molecule has 2 aliphatic rings. The van der Waals surface area contributed by atoms with Gasteiger partial charge in [0.15, 0.2) is 0 Å². The number of H-pyrrole nitrogens is 1. The monoisotopic (exact) mass is 365 g/mol. The molecule has 27 heavy (non-hydrogen) atoms. The van der Waals surface area contributed by atoms with Gasteiger partial charge in [0.2, 0.25) is 11.7 Å². The van der Waals surface area contributed by atoms with Crippen LogP contribution in [0.3, 0.4) is 0 Å². The molecule has 1 aliphatic carbocycles. The molecule has 1 unspecified atom stereocenters. The molecule has 0 bridgehead atoms. The zero-order valence-corrected chi connectivity index (χ0v) is 15.2. The second-order valence-electron chi connectivity index (χ2n) is 7.36. The number of nitrogens with one attached hydrogen (secondary N) is 1. The van der Waals surface area contributed by atoms with E-state index in [2.05, 4.69) is 38.5 Å². The molecule has 3 aromatic rings. The highest BCUT2D eigenvalue weighted by Crippen LogP contribution is 2.31. The fourth-order valence-electron chi connectivity index (χ4n) is 3.96. The second-order valence-corrected chi connectivity index (χ2v) is 7.36. The molecule has 1 aromatic carbocycles. The van der Waals surface area contributed by atoms with E-state index in [1.165, 1.54) is 16.8 Å². The molecule has 0 spiro atoms. The highest BCUT2D eigenvalue weighted by atomic mass is 16.5. The number of aromatic nitrogens is 4. The molecule has 140 valence electrons. The maximum absolute atomic E-state index is 5.62. The summed E-state index contributed by atoms with van der Waals surface area (Å²) in [5.74, 6) is 1.66. The molecule has 5 rings (SSSR count). The minimum absolute atomic E-state index is 0.260. The van der Waals surface area contributed by atoms with E-state index in [-0.39, 0.29) is 5.92 Å². The number of benzene rings is 1. The summed E-state index contributed by atoms with van der Waals surface area (Å²) in [5, 5.41) is 11.5. The Morgan fingerprint density at radius 1 is 1.22 bits per heavy atom. The van der Waals surface area contributed by atoms with E-state index < -0.39 is 0 Å². The number of ether oxygens (including phenoxy) is 1. The molecule has 0 amide bonds. The first-order chi connectivity index (χ1) is 13.3. The van der Waals surface area contributed by atoms with Crippen LogP contribution >= 0.6 is 0 Å². The number of aromatic amines is 1. The standard InChI is InChI=1S/C20H23N5O2/c1-2-14(13-25-6-8-26-9-7-25)10-15(3-1)19-22-20(27-24-19)16-4-5-17-12-21-23-18(17)11-16/h1-3,10,12,16H,4-9,11,13H2,(H,21,23). The predicted octanol–water partition coefficient (Wildman–Crippen LogP) is 2.56. The van der Waals surface area contributed by atoms with Gasteiger partial charge in [-0.1, -0.05) is 23.4 Å². The number of rotatable bonds is 4. The van der Waals surface area contributed by atoms with Crippen molar-refractivity contribution < 1.29 is 9.26 Å². The zero-order valence-electron chi connectivity index (χ0n) is 15.2. The smallest absolute Gasteiger partial charge is 0.230 e. The number of nitrogens with zero attached hydrogens (tertiary/aromatic N) is 4. The number of morpholine rings is 1. The van der Waals surface area contributed by atoms with Crippen LogP contribution in [0.1, 0.15) is 35.1 Å². The molecule has 1 N–H and O–H groups in total. The maximum atomic E-state index is 5.62. The van der Waals surface area contributed by atoms with Crippen LogP contribution < -0.4 is 0 Å². The molecule has 7 nitrogen and oxygen atoms in total. The summed E-state index contributed by atoms with van der Waals surface area (Å²) in [6.07, 6.45) is 4.83. The van der Waals surface area contributed by atoms with Gasteiger partial charge in [0.1, 0.15) is 0 Å². The molecule has 1 aliphatic heterocycles. The number of hydrogen-bond donors (Lipinski definition) is 1. The van der Waals surface area contributed by atoms with Crippen molar-refractivity contribution in [2.45, 2.75) is 31.7 Å². The fraction of sp³-hybridized carbons (Fsp3) is 0.450. The molecule has 0 saturated carbocycles. The maximum Gasteiger partial charge on any atom is 0.230 e. The summed E-state index contributed by atoms with van der Waals surface area (Å²) in [7, 11) is 0. The summed E-state index contributed by atoms with van der Waals surface area (Å²) < 4.78 is 11.0. The van der Waals surface area contributed by atoms with E-state index >= 15 is 0 Å². The van der Waals surface area contributed by atoms with Gasteiger partial charge in [0, 0.05) is 43.2 Å². The van der Waals surface area contributed by atoms with Crippen molar-refractivity contribution in [2.75, 3.05) is 26.3 Å². The third-order valence-electron chi connectivity index (χ3n) is 5.51. The Labute approximate surface area is 157 Å². The van der Waals surface area contributed by atoms with Gasteiger partial charge in [0.05, 0.1) is 19.4 Å². The average molecular weight is 365 g/mol. The van der Waals surface area contributed by atoms with Crippen molar-refractivity contribution in [3.8, 4) is 11.4 Å². The van der Waals surface area contributed by atoms with Crippen LogP contribution in [0, 0.1) is 0 Å². The van der Waals surface area contributed by atoms with Gasteiger partial charge in [-0.25, -0.2) is 0 Å². The number of aryl methyl sites for hydroxylation is 1. The number of fused-ring (bicyclic) bond motifs is 1. The number of hydrogen-bond acceptors (Lipinski definition) is 6. The largest absolute Gasteiger partial charge is 0.379 e. The van der Waals surface area contributed by atoms with Gasteiger partial charge in [-0.2, -0.15) is 10.1 Å². The zero-order chi connectivity index (χ0) is 18.1. The molecule has 1 saturated heterocycles. The van der Waals surface area contributed by atoms with Crippen LogP contribution in [0.2, 0.25) is 0 Å². The molecule has 7 heteroatoms. The van der Waals surface area contributed by atoms with Crippen LogP contribution in [-0.2, 0) is 24.1 Å². The summed E-state index contributed by atoms with van der Waals surface area (Å²) >= 11 is 0. The van der Waals surface area contributed by atoms with Crippen molar-refractivity contribution in [2.24, 2.45) is 0 Å². The lowest BCUT2D eigenvalue weighted by Gasteiger charge is -2.26. The normalized spacial score (nSPS) is 20.5. The Morgan fingerprint density at radius 2 is 2.15 bits per heavy atom. The molecular weight excluding hydrogens is 342 g/mol. The first kappa shape index (κ1) is 16.6. The van der Waals surface area contributed by atoms with Gasteiger partial charge < -0.3 is 9.26 Å². The Kier molecular flexibility index (Phi) is 4.47. The summed E-state index contributed by atoms with van der Waals surface area (Å²) in [6, 6.07) is 8.43. The lowest BCUT2D eigenvalue weighted by atomic mass is 9.88. The topological polar surface area (TPSA) is 80.1 Å². The van der Waals surface area contributed by atoms with E-state index in [9.17, 15) is 0 Å². The van der Waals surface area contributed by atoms with E-state index in [0.29, 0.717) is 5.82 Å². The van der Waals surface area contributed by atoms with Crippen molar-refractivity contribution in [3.63, 3.8) is 0 Å². The average Bonchev–Trinajstić information content (AvgIpc) is 3.38. The SMILES string of the molecule is c1cc(CN2CCOCC2)cc(-c2noc(C3CCc4cn[nH]c4C3)n2)c1. The van der Waals surface area contributed by atoms with Crippen molar-refractivity contribution in [1.29, 1.82) is 0 Å². The van der Waals surface area contributed by atoms with Crippen LogP contribution in [0.4, 0.5) is 0 Å². The second kappa shape index (κ2) is 7.25. The van der Waals surface area contributed by atoms with Crippen molar-refractivity contribution >= 4 is 0 Å². The lowest BCUT2D eigenvalue weighted by Crippen LogP contribution is -2.35. The van der Waals surface area contributed by atoms with E-state index in [1.807, 2.05) is 12.3 Å². The highest BCUT2D eigenvalue weighted by Gasteiger charge is 2.26. The van der Waals surface area contributed by atoms with Crippen molar-refractivity contribution in [3.05, 3.63) is 53.2 Å². The Hall–Kier alpha value is -2.51. The van der Waals surface area contributed by atoms with Gasteiger partial charge in [-0.05, 0) is 30.0 Å². The first-order valence-electron chi connectivity index (χ1n) is 9.59. The predicted molar refractivity (Wildman–Crippen MR) is 99.2 cm³/mol. The quantitative estimate of drug-likeness (QED) is 0.765. The Morgan fingerprint density at radius 3 is 3.07 bits per heavy atom. The molecule has 3 heterocycles. The molecule has 1 fully saturated rings. The minimum atomic E-state index is 0.260. The van der Waals surface area contributed by atoms with E-state index in [1.54, 1.807) is 0 Å². The van der Waals surface area contributed by atoms with Crippen molar-refractivity contribution in [1.82, 2.24) is 25.2 Å². The fourth-order valence-corrected chi connectivity index (χ4v) is 3.96. The lowest BCUT2D eigenvalue weighted by molar-refractivity contribution is 0.0342. The van der Waals surface area contributed by atoms with Gasteiger partial charge in [-0.15, -0.1) is 0 Å². The summed E-state index contributed by atoms with van der Waals surface area (Å²) in [4.78, 5) is 7.11. The molecule has 0 radical (unpaired) electrons. The van der Waals surface area contributed by atoms with Gasteiger partial charge in [0.25, 0.3) is 0 Å². The summed E-state index contributed by atoms with van der Waals surface area (Å²) in [6.45, 7) is 4.51. The molecular formula is C20H23N5O2. The van der Waals surface area contributed by atoms with E-state index in [0.717, 1.165) is 63.6 Å². The third-order valence-corrected chi connectivity index (χ3v) is 5.51. The van der Waals surface area contributed by atoms with Gasteiger partial charge in [-0.3, -0.25) is 10.00 Å². The highest BCUT2D eigenvalue weighted by molar-refractivity contribution is 5.55. The van der Waals surface area contributed by atoms with Gasteiger partial charge >= 0.3 is 0 Å². The third kappa shape index (κ3) is 3.52. The van der Waals surface area contributed by atoms with Crippen LogP contribution in [0.25, 0.3) is 11.4 Å². The van der Waals surface area contributed by atoms with E-state index in [4.69, 9.17) is 14.2 Å².